The second kappa shape index (κ2) is 14.0. The molecular formula is C27H37Cl2N3O4S. The Morgan fingerprint density at radius 2 is 1.65 bits per heavy atom. The molecule has 0 heterocycles. The van der Waals surface area contributed by atoms with E-state index in [1.165, 1.54) is 4.31 Å². The van der Waals surface area contributed by atoms with Crippen LogP contribution in [0.15, 0.2) is 36.4 Å². The molecule has 2 amide bonds. The third kappa shape index (κ3) is 9.20. The fraction of sp³-hybridized carbons (Fsp3) is 0.481. The Hall–Kier alpha value is -2.29. The highest BCUT2D eigenvalue weighted by Crippen LogP contribution is 2.25. The van der Waals surface area contributed by atoms with E-state index in [9.17, 15) is 18.0 Å². The molecule has 2 aromatic rings. The quantitative estimate of drug-likeness (QED) is 0.345. The molecule has 0 spiro atoms. The molecule has 1 atom stereocenters. The molecule has 37 heavy (non-hydrogen) atoms. The Kier molecular flexibility index (Phi) is 11.7. The van der Waals surface area contributed by atoms with E-state index in [0.29, 0.717) is 35.1 Å². The zero-order valence-corrected chi connectivity index (χ0v) is 24.5. The summed E-state index contributed by atoms with van der Waals surface area (Å²) in [7, 11) is -3.55. The summed E-state index contributed by atoms with van der Waals surface area (Å²) in [5.41, 5.74) is 3.23. The van der Waals surface area contributed by atoms with Gasteiger partial charge in [-0.2, -0.15) is 0 Å². The molecule has 0 unspecified atom stereocenters. The molecule has 2 rings (SSSR count). The number of benzene rings is 2. The van der Waals surface area contributed by atoms with Crippen LogP contribution in [-0.4, -0.2) is 50.5 Å². The van der Waals surface area contributed by atoms with Gasteiger partial charge in [0.05, 0.1) is 22.0 Å². The van der Waals surface area contributed by atoms with E-state index in [-0.39, 0.29) is 31.3 Å². The van der Waals surface area contributed by atoms with Crippen LogP contribution in [0.2, 0.25) is 10.0 Å². The lowest BCUT2D eigenvalue weighted by Gasteiger charge is -2.31. The lowest BCUT2D eigenvalue weighted by atomic mass is 10.1. The van der Waals surface area contributed by atoms with Gasteiger partial charge in [-0.1, -0.05) is 49.2 Å². The van der Waals surface area contributed by atoms with Gasteiger partial charge in [-0.3, -0.25) is 13.9 Å². The molecule has 204 valence electrons. The second-order valence-electron chi connectivity index (χ2n) is 9.27. The monoisotopic (exact) mass is 569 g/mol. The summed E-state index contributed by atoms with van der Waals surface area (Å²) in [5, 5.41) is 3.66. The van der Waals surface area contributed by atoms with Crippen molar-refractivity contribution < 1.29 is 18.0 Å². The smallest absolute Gasteiger partial charge is 0.242 e. The number of halogens is 2. The van der Waals surface area contributed by atoms with E-state index in [1.54, 1.807) is 23.1 Å². The van der Waals surface area contributed by atoms with Crippen molar-refractivity contribution in [1.82, 2.24) is 10.2 Å². The summed E-state index contributed by atoms with van der Waals surface area (Å²) in [6.07, 6.45) is 2.75. The van der Waals surface area contributed by atoms with Crippen LogP contribution < -0.4 is 9.62 Å². The van der Waals surface area contributed by atoms with Crippen LogP contribution in [0.1, 0.15) is 56.2 Å². The topological polar surface area (TPSA) is 86.8 Å². The lowest BCUT2D eigenvalue weighted by Crippen LogP contribution is -2.49. The fourth-order valence-corrected chi connectivity index (χ4v) is 5.49. The van der Waals surface area contributed by atoms with Gasteiger partial charge in [0.1, 0.15) is 6.04 Å². The van der Waals surface area contributed by atoms with Gasteiger partial charge in [-0.15, -0.1) is 0 Å². The van der Waals surface area contributed by atoms with Gasteiger partial charge in [0.15, 0.2) is 0 Å². The highest BCUT2D eigenvalue weighted by molar-refractivity contribution is 7.92. The predicted molar refractivity (Wildman–Crippen MR) is 152 cm³/mol. The number of sulfonamides is 1. The average molecular weight is 571 g/mol. The number of rotatable bonds is 13. The van der Waals surface area contributed by atoms with Crippen LogP contribution in [-0.2, 0) is 26.2 Å². The Balaban J connectivity index is 2.25. The van der Waals surface area contributed by atoms with Crippen LogP contribution in [0.3, 0.4) is 0 Å². The Bertz CT molecular complexity index is 1180. The van der Waals surface area contributed by atoms with Crippen LogP contribution in [0.25, 0.3) is 0 Å². The fourth-order valence-electron chi connectivity index (χ4n) is 4.22. The number of amides is 2. The second-order valence-corrected chi connectivity index (χ2v) is 12.0. The van der Waals surface area contributed by atoms with E-state index in [4.69, 9.17) is 23.2 Å². The molecule has 0 saturated carbocycles. The first-order chi connectivity index (χ1) is 17.4. The third-order valence-electron chi connectivity index (χ3n) is 5.92. The first-order valence-corrected chi connectivity index (χ1v) is 15.0. The number of aryl methyl sites for hydroxylation is 2. The van der Waals surface area contributed by atoms with Crippen molar-refractivity contribution in [2.75, 3.05) is 23.7 Å². The van der Waals surface area contributed by atoms with Gasteiger partial charge < -0.3 is 10.2 Å². The van der Waals surface area contributed by atoms with Gasteiger partial charge in [0.2, 0.25) is 21.8 Å². The van der Waals surface area contributed by atoms with Gasteiger partial charge in [0.25, 0.3) is 0 Å². The zero-order valence-electron chi connectivity index (χ0n) is 22.2. The minimum absolute atomic E-state index is 0.0791. The van der Waals surface area contributed by atoms with E-state index in [0.717, 1.165) is 29.4 Å². The van der Waals surface area contributed by atoms with Gasteiger partial charge in [0, 0.05) is 26.1 Å². The first-order valence-electron chi connectivity index (χ1n) is 12.4. The molecular weight excluding hydrogens is 533 g/mol. The van der Waals surface area contributed by atoms with Crippen LogP contribution in [0.5, 0.6) is 0 Å². The molecule has 0 aliphatic rings. The number of anilines is 1. The summed E-state index contributed by atoms with van der Waals surface area (Å²) in [5.74, 6) is -0.454. The molecule has 0 radical (unpaired) electrons. The summed E-state index contributed by atoms with van der Waals surface area (Å²) >= 11 is 12.2. The van der Waals surface area contributed by atoms with Crippen molar-refractivity contribution in [2.24, 2.45) is 0 Å². The SMILES string of the molecule is CCCNC(=O)[C@H](CC)N(Cc1ccc(Cl)c(Cl)c1)C(=O)CCCN(c1cc(C)cc(C)c1)S(C)(=O)=O. The Labute approximate surface area is 231 Å². The standard InChI is InChI=1S/C27H37Cl2N3O4S/c1-6-12-30-27(34)25(7-2)31(18-21-10-11-23(28)24(29)17-21)26(33)9-8-13-32(37(5,35)36)22-15-19(3)14-20(4)16-22/h10-11,14-17,25H,6-9,12-13,18H2,1-5H3,(H,30,34)/t25-/m0/s1. The summed E-state index contributed by atoms with van der Waals surface area (Å²) in [6.45, 7) is 8.49. The molecule has 7 nitrogen and oxygen atoms in total. The number of hydrogen-bond donors (Lipinski definition) is 1. The normalized spacial score (nSPS) is 12.2. The number of nitrogens with one attached hydrogen (secondary N) is 1. The molecule has 0 saturated heterocycles. The number of hydrogen-bond acceptors (Lipinski definition) is 4. The minimum Gasteiger partial charge on any atom is -0.354 e. The number of nitrogens with zero attached hydrogens (tertiary/aromatic N) is 2. The maximum atomic E-state index is 13.5. The van der Waals surface area contributed by atoms with Gasteiger partial charge in [-0.05, 0) is 74.1 Å². The van der Waals surface area contributed by atoms with Crippen LogP contribution in [0.4, 0.5) is 5.69 Å². The first kappa shape index (κ1) is 30.9. The van der Waals surface area contributed by atoms with E-state index in [1.807, 2.05) is 45.9 Å². The van der Waals surface area contributed by atoms with Crippen molar-refractivity contribution in [2.45, 2.75) is 66.0 Å². The Morgan fingerprint density at radius 1 is 1.00 bits per heavy atom. The lowest BCUT2D eigenvalue weighted by molar-refractivity contribution is -0.141. The number of carbonyl (C=O) groups is 2. The average Bonchev–Trinajstić information content (AvgIpc) is 2.80. The van der Waals surface area contributed by atoms with Crippen LogP contribution in [0, 0.1) is 13.8 Å². The van der Waals surface area contributed by atoms with Crippen molar-refractivity contribution >= 4 is 50.7 Å². The highest BCUT2D eigenvalue weighted by atomic mass is 35.5. The molecule has 0 aliphatic heterocycles. The van der Waals surface area contributed by atoms with E-state index in [2.05, 4.69) is 5.32 Å². The predicted octanol–water partition coefficient (Wildman–Crippen LogP) is 5.49. The van der Waals surface area contributed by atoms with Crippen molar-refractivity contribution in [1.29, 1.82) is 0 Å². The molecule has 10 heteroatoms. The number of carbonyl (C=O) groups excluding carboxylic acids is 2. The summed E-state index contributed by atoms with van der Waals surface area (Å²) in [6, 6.07) is 10.1. The third-order valence-corrected chi connectivity index (χ3v) is 7.85. The Morgan fingerprint density at radius 3 is 2.19 bits per heavy atom. The maximum Gasteiger partial charge on any atom is 0.242 e. The van der Waals surface area contributed by atoms with Crippen LogP contribution >= 0.6 is 23.2 Å². The molecule has 0 bridgehead atoms. The van der Waals surface area contributed by atoms with E-state index < -0.39 is 16.1 Å². The zero-order chi connectivity index (χ0) is 27.8. The molecule has 0 aliphatic carbocycles. The van der Waals surface area contributed by atoms with E-state index >= 15 is 0 Å². The van der Waals surface area contributed by atoms with Crippen molar-refractivity contribution in [3.63, 3.8) is 0 Å². The van der Waals surface area contributed by atoms with Gasteiger partial charge in [-0.25, -0.2) is 8.42 Å². The molecule has 1 N–H and O–H groups in total. The maximum absolute atomic E-state index is 13.5. The molecule has 0 fully saturated rings. The summed E-state index contributed by atoms with van der Waals surface area (Å²) < 4.78 is 26.5. The molecule has 2 aromatic carbocycles. The molecule has 0 aromatic heterocycles. The van der Waals surface area contributed by atoms with Gasteiger partial charge >= 0.3 is 0 Å². The highest BCUT2D eigenvalue weighted by Gasteiger charge is 2.29. The summed E-state index contributed by atoms with van der Waals surface area (Å²) in [4.78, 5) is 27.9. The minimum atomic E-state index is -3.55. The largest absolute Gasteiger partial charge is 0.354 e. The van der Waals surface area contributed by atoms with Crippen molar-refractivity contribution in [3.05, 3.63) is 63.1 Å². The van der Waals surface area contributed by atoms with Crippen molar-refractivity contribution in [3.8, 4) is 0 Å².